The maximum atomic E-state index is 11.2. The fourth-order valence-electron chi connectivity index (χ4n) is 2.03. The number of likely N-dealkylation sites (N-methyl/N-ethyl adjacent to an activating group) is 1. The Morgan fingerprint density at radius 1 is 1.37 bits per heavy atom. The van der Waals surface area contributed by atoms with E-state index < -0.39 is 0 Å². The van der Waals surface area contributed by atoms with Gasteiger partial charge in [-0.2, -0.15) is 0 Å². The Morgan fingerprint density at radius 3 is 2.47 bits per heavy atom. The van der Waals surface area contributed by atoms with Crippen molar-refractivity contribution in [1.29, 1.82) is 0 Å². The lowest BCUT2D eigenvalue weighted by Crippen LogP contribution is -2.36. The summed E-state index contributed by atoms with van der Waals surface area (Å²) in [6, 6.07) is 5.56. The summed E-state index contributed by atoms with van der Waals surface area (Å²) in [7, 11) is 4.00. The Labute approximate surface area is 114 Å². The molecule has 1 N–H and O–H groups in total. The Morgan fingerprint density at radius 2 is 2.00 bits per heavy atom. The summed E-state index contributed by atoms with van der Waals surface area (Å²) in [5, 5.41) is 14.5. The molecule has 1 atom stereocenters. The van der Waals surface area contributed by atoms with E-state index in [1.165, 1.54) is 0 Å². The van der Waals surface area contributed by atoms with Crippen molar-refractivity contribution in [2.24, 2.45) is 5.92 Å². The van der Waals surface area contributed by atoms with Gasteiger partial charge in [0.25, 0.3) is 5.69 Å². The Hall–Kier alpha value is -1.62. The van der Waals surface area contributed by atoms with Crippen molar-refractivity contribution in [2.45, 2.75) is 26.8 Å². The zero-order chi connectivity index (χ0) is 14.6. The molecule has 0 heterocycles. The average molecular weight is 265 g/mol. The summed E-state index contributed by atoms with van der Waals surface area (Å²) < 4.78 is 0. The fourth-order valence-corrected chi connectivity index (χ4v) is 2.03. The van der Waals surface area contributed by atoms with Crippen molar-refractivity contribution in [3.63, 3.8) is 0 Å². The van der Waals surface area contributed by atoms with Gasteiger partial charge in [-0.3, -0.25) is 10.1 Å². The molecule has 0 fully saturated rings. The first kappa shape index (κ1) is 15.4. The molecule has 106 valence electrons. The summed E-state index contributed by atoms with van der Waals surface area (Å²) in [5.74, 6) is 0.391. The third-order valence-electron chi connectivity index (χ3n) is 3.13. The highest BCUT2D eigenvalue weighted by Gasteiger charge is 2.21. The van der Waals surface area contributed by atoms with Crippen molar-refractivity contribution in [1.82, 2.24) is 4.90 Å². The van der Waals surface area contributed by atoms with Crippen LogP contribution in [0.2, 0.25) is 0 Å². The number of para-hydroxylation sites is 1. The van der Waals surface area contributed by atoms with Crippen LogP contribution in [0.5, 0.6) is 0 Å². The molecule has 1 unspecified atom stereocenters. The van der Waals surface area contributed by atoms with Crippen molar-refractivity contribution < 1.29 is 4.92 Å². The summed E-state index contributed by atoms with van der Waals surface area (Å²) in [4.78, 5) is 12.9. The molecule has 0 aliphatic carbocycles. The van der Waals surface area contributed by atoms with Crippen LogP contribution in [0, 0.1) is 23.0 Å². The topological polar surface area (TPSA) is 58.4 Å². The zero-order valence-electron chi connectivity index (χ0n) is 12.3. The predicted octanol–water partition coefficient (Wildman–Crippen LogP) is 2.90. The summed E-state index contributed by atoms with van der Waals surface area (Å²) in [5.41, 5.74) is 1.46. The van der Waals surface area contributed by atoms with Gasteiger partial charge in [-0.05, 0) is 33.0 Å². The minimum atomic E-state index is -0.315. The molecule has 0 bridgehead atoms. The summed E-state index contributed by atoms with van der Waals surface area (Å²) >= 11 is 0. The second-order valence-corrected chi connectivity index (χ2v) is 5.49. The van der Waals surface area contributed by atoms with Crippen LogP contribution in [0.15, 0.2) is 18.2 Å². The largest absolute Gasteiger partial charge is 0.375 e. The van der Waals surface area contributed by atoms with Gasteiger partial charge in [0.2, 0.25) is 0 Å². The maximum Gasteiger partial charge on any atom is 0.295 e. The highest BCUT2D eigenvalue weighted by Crippen LogP contribution is 2.29. The first-order chi connectivity index (χ1) is 8.82. The average Bonchev–Trinajstić information content (AvgIpc) is 2.26. The monoisotopic (exact) mass is 265 g/mol. The molecule has 1 aromatic rings. The Bertz CT molecular complexity index is 444. The molecule has 0 amide bonds. The van der Waals surface area contributed by atoms with Gasteiger partial charge in [-0.15, -0.1) is 0 Å². The van der Waals surface area contributed by atoms with E-state index in [4.69, 9.17) is 0 Å². The van der Waals surface area contributed by atoms with Gasteiger partial charge in [0, 0.05) is 18.2 Å². The van der Waals surface area contributed by atoms with Crippen molar-refractivity contribution in [2.75, 3.05) is 26.0 Å². The molecule has 0 aromatic heterocycles. The highest BCUT2D eigenvalue weighted by molar-refractivity contribution is 5.65. The lowest BCUT2D eigenvalue weighted by Gasteiger charge is -2.26. The number of aryl methyl sites for hydroxylation is 1. The number of anilines is 1. The van der Waals surface area contributed by atoms with Crippen LogP contribution in [0.1, 0.15) is 19.4 Å². The number of rotatable bonds is 6. The molecular formula is C14H23N3O2. The van der Waals surface area contributed by atoms with Crippen molar-refractivity contribution in [3.8, 4) is 0 Å². The van der Waals surface area contributed by atoms with Crippen LogP contribution >= 0.6 is 0 Å². The van der Waals surface area contributed by atoms with E-state index in [0.29, 0.717) is 17.2 Å². The van der Waals surface area contributed by atoms with Gasteiger partial charge < -0.3 is 10.2 Å². The van der Waals surface area contributed by atoms with Crippen LogP contribution in [0.25, 0.3) is 0 Å². The van der Waals surface area contributed by atoms with Crippen LogP contribution in [0.3, 0.4) is 0 Å². The Balaban J connectivity index is 3.02. The van der Waals surface area contributed by atoms with Gasteiger partial charge in [0.15, 0.2) is 0 Å². The van der Waals surface area contributed by atoms with E-state index in [1.54, 1.807) is 19.1 Å². The van der Waals surface area contributed by atoms with E-state index in [1.807, 2.05) is 20.2 Å². The van der Waals surface area contributed by atoms with E-state index in [0.717, 1.165) is 6.54 Å². The number of hydrogen-bond acceptors (Lipinski definition) is 4. The van der Waals surface area contributed by atoms with Gasteiger partial charge in [-0.25, -0.2) is 0 Å². The predicted molar refractivity (Wildman–Crippen MR) is 78.6 cm³/mol. The Kier molecular flexibility index (Phi) is 5.30. The maximum absolute atomic E-state index is 11.2. The molecule has 19 heavy (non-hydrogen) atoms. The molecule has 0 aliphatic rings. The number of hydrogen-bond donors (Lipinski definition) is 1. The SMILES string of the molecule is Cc1cccc(NC(CN(C)C)C(C)C)c1[N+](=O)[O-]. The second kappa shape index (κ2) is 6.52. The van der Waals surface area contributed by atoms with Gasteiger partial charge in [0.1, 0.15) is 5.69 Å². The second-order valence-electron chi connectivity index (χ2n) is 5.49. The van der Waals surface area contributed by atoms with Crippen LogP contribution in [-0.4, -0.2) is 36.5 Å². The van der Waals surface area contributed by atoms with Crippen molar-refractivity contribution in [3.05, 3.63) is 33.9 Å². The third kappa shape index (κ3) is 4.21. The van der Waals surface area contributed by atoms with Crippen molar-refractivity contribution >= 4 is 11.4 Å². The number of nitro benzene ring substituents is 1. The summed E-state index contributed by atoms with van der Waals surface area (Å²) in [6.07, 6.45) is 0. The van der Waals surface area contributed by atoms with Gasteiger partial charge in [-0.1, -0.05) is 26.0 Å². The minimum absolute atomic E-state index is 0.173. The lowest BCUT2D eigenvalue weighted by atomic mass is 10.0. The molecule has 0 saturated carbocycles. The van der Waals surface area contributed by atoms with E-state index in [9.17, 15) is 10.1 Å². The molecule has 1 aromatic carbocycles. The smallest absolute Gasteiger partial charge is 0.295 e. The number of nitrogens with one attached hydrogen (secondary N) is 1. The molecule has 0 saturated heterocycles. The van der Waals surface area contributed by atoms with Gasteiger partial charge in [0.05, 0.1) is 4.92 Å². The number of benzene rings is 1. The highest BCUT2D eigenvalue weighted by atomic mass is 16.6. The lowest BCUT2D eigenvalue weighted by molar-refractivity contribution is -0.384. The first-order valence-electron chi connectivity index (χ1n) is 6.48. The molecule has 1 rings (SSSR count). The number of nitro groups is 1. The van der Waals surface area contributed by atoms with Crippen LogP contribution < -0.4 is 5.32 Å². The number of nitrogens with zero attached hydrogens (tertiary/aromatic N) is 2. The quantitative estimate of drug-likeness (QED) is 0.634. The molecule has 5 heteroatoms. The normalized spacial score (nSPS) is 12.8. The van der Waals surface area contributed by atoms with E-state index in [-0.39, 0.29) is 16.7 Å². The zero-order valence-corrected chi connectivity index (χ0v) is 12.3. The molecule has 5 nitrogen and oxygen atoms in total. The standard InChI is InChI=1S/C14H23N3O2/c1-10(2)13(9-16(4)5)15-12-8-6-7-11(3)14(12)17(18)19/h6-8,10,13,15H,9H2,1-5H3. The van der Waals surface area contributed by atoms with E-state index >= 15 is 0 Å². The molecule has 0 spiro atoms. The van der Waals surface area contributed by atoms with Gasteiger partial charge >= 0.3 is 0 Å². The molecule has 0 aliphatic heterocycles. The first-order valence-corrected chi connectivity index (χ1v) is 6.48. The third-order valence-corrected chi connectivity index (χ3v) is 3.13. The minimum Gasteiger partial charge on any atom is -0.375 e. The summed E-state index contributed by atoms with van der Waals surface area (Å²) in [6.45, 7) is 6.83. The van der Waals surface area contributed by atoms with Crippen LogP contribution in [0.4, 0.5) is 11.4 Å². The molecule has 0 radical (unpaired) electrons. The van der Waals surface area contributed by atoms with E-state index in [2.05, 4.69) is 24.1 Å². The van der Waals surface area contributed by atoms with Crippen LogP contribution in [-0.2, 0) is 0 Å². The molecular weight excluding hydrogens is 242 g/mol. The fraction of sp³-hybridized carbons (Fsp3) is 0.571.